The molecule has 4 saturated carbocycles. The highest BCUT2D eigenvalue weighted by atomic mass is 16.7. The summed E-state index contributed by atoms with van der Waals surface area (Å²) in [6.45, 7) is 8.52. The highest BCUT2D eigenvalue weighted by Gasteiger charge is 2.72. The van der Waals surface area contributed by atoms with Crippen LogP contribution in [0.25, 0.3) is 0 Å². The molecule has 3 aliphatic heterocycles. The maximum atomic E-state index is 14.8. The molecule has 8 rings (SSSR count). The molecule has 3 saturated heterocycles. The predicted molar refractivity (Wildman–Crippen MR) is 234 cm³/mol. The molecular formula is C48H74O22. The first-order valence-corrected chi connectivity index (χ1v) is 24.5. The van der Waals surface area contributed by atoms with Crippen LogP contribution >= 0.6 is 0 Å². The van der Waals surface area contributed by atoms with Crippen LogP contribution in [-0.2, 0) is 47.5 Å². The second-order valence-electron chi connectivity index (χ2n) is 22.9. The SMILES string of the molecule is COC(=O)C1(C)CCC2(C(=O)OC3OC(CO)C(O)C(O)C3O)CCC3(C)C(=CCC4C5(C)CC(O)C(OC6OCC(O)C(OC7C(O)C(O)OC(C(=O)O)C7O)C6O)C(C)(CO)C5CCC43C)C2C1. The number of aliphatic hydroxyl groups excluding tert-OH is 11. The Hall–Kier alpha value is -2.49. The Labute approximate surface area is 405 Å². The third-order valence-corrected chi connectivity index (χ3v) is 19.4. The van der Waals surface area contributed by atoms with Crippen LogP contribution in [0.3, 0.4) is 0 Å². The lowest BCUT2D eigenvalue weighted by Crippen LogP contribution is -2.69. The van der Waals surface area contributed by atoms with E-state index < -0.39 is 174 Å². The van der Waals surface area contributed by atoms with Crippen LogP contribution in [0.5, 0.6) is 0 Å². The van der Waals surface area contributed by atoms with Crippen LogP contribution in [0.15, 0.2) is 11.6 Å². The smallest absolute Gasteiger partial charge is 0.335 e. The van der Waals surface area contributed by atoms with Gasteiger partial charge in [-0.2, -0.15) is 0 Å². The molecule has 5 aliphatic carbocycles. The molecule has 398 valence electrons. The van der Waals surface area contributed by atoms with Gasteiger partial charge in [0.2, 0.25) is 6.29 Å². The third-order valence-electron chi connectivity index (χ3n) is 19.4. The number of methoxy groups -OCH3 is 1. The number of aliphatic carboxylic acids is 1. The molecule has 0 aromatic rings. The van der Waals surface area contributed by atoms with E-state index in [1.165, 1.54) is 7.11 Å². The Bertz CT molecular complexity index is 2000. The zero-order chi connectivity index (χ0) is 51.4. The fourth-order valence-corrected chi connectivity index (χ4v) is 15.2. The number of fused-ring (bicyclic) bond motifs is 7. The fourth-order valence-electron chi connectivity index (χ4n) is 15.2. The number of hydrogen-bond donors (Lipinski definition) is 12. The standard InChI is InChI=1S/C48H74O22/c1-43(41(62)64-6)11-13-48(42(63)70-40-29(55)28(54)27(53)24(17-49)66-40)14-12-46(4)20(21(48)15-43)7-8-26-44(2)16-22(51)36(45(3,19-50)25(44)9-10-47(26,46)5)69-39-32(58)33(23(52)18-65-39)67-34-30(56)35(37(59)60)68-38(61)31(34)57/h7,21-36,38-40,49-58,61H,8-19H2,1-6H3,(H,59,60). The summed E-state index contributed by atoms with van der Waals surface area (Å²) in [6, 6.07) is 0. The molecule has 8 aliphatic rings. The molecule has 0 aromatic heterocycles. The zero-order valence-electron chi connectivity index (χ0n) is 40.5. The number of carbonyl (C=O) groups is 3. The van der Waals surface area contributed by atoms with Gasteiger partial charge >= 0.3 is 17.9 Å². The van der Waals surface area contributed by atoms with Gasteiger partial charge in [-0.1, -0.05) is 39.3 Å². The molecule has 0 bridgehead atoms. The average molecular weight is 1000 g/mol. The Morgan fingerprint density at radius 3 is 2.04 bits per heavy atom. The van der Waals surface area contributed by atoms with Gasteiger partial charge in [-0.25, -0.2) is 4.79 Å². The summed E-state index contributed by atoms with van der Waals surface area (Å²) >= 11 is 0. The molecule has 0 radical (unpaired) electrons. The molecule has 70 heavy (non-hydrogen) atoms. The van der Waals surface area contributed by atoms with Crippen LogP contribution in [0, 0.1) is 50.2 Å². The Kier molecular flexibility index (Phi) is 14.6. The van der Waals surface area contributed by atoms with E-state index in [2.05, 4.69) is 26.8 Å². The maximum Gasteiger partial charge on any atom is 0.335 e. The van der Waals surface area contributed by atoms with Crippen molar-refractivity contribution in [2.24, 2.45) is 50.2 Å². The topological polar surface area (TPSA) is 359 Å². The average Bonchev–Trinajstić information content (AvgIpc) is 3.31. The number of ether oxygens (including phenoxy) is 7. The van der Waals surface area contributed by atoms with Gasteiger partial charge < -0.3 is 94.4 Å². The molecule has 12 N–H and O–H groups in total. The largest absolute Gasteiger partial charge is 0.479 e. The van der Waals surface area contributed by atoms with E-state index in [0.717, 1.165) is 5.57 Å². The van der Waals surface area contributed by atoms with Crippen LogP contribution in [-0.4, -0.2) is 204 Å². The quantitative estimate of drug-likeness (QED) is 0.0638. The summed E-state index contributed by atoms with van der Waals surface area (Å²) in [6.07, 6.45) is -21.6. The van der Waals surface area contributed by atoms with Gasteiger partial charge in [0.15, 0.2) is 18.7 Å². The van der Waals surface area contributed by atoms with Crippen molar-refractivity contribution in [3.8, 4) is 0 Å². The highest BCUT2D eigenvalue weighted by molar-refractivity contribution is 5.81. The third kappa shape index (κ3) is 8.10. The summed E-state index contributed by atoms with van der Waals surface area (Å²) in [5.41, 5.74) is -4.05. The summed E-state index contributed by atoms with van der Waals surface area (Å²) in [4.78, 5) is 40.0. The van der Waals surface area contributed by atoms with Crippen LogP contribution in [0.2, 0.25) is 0 Å². The van der Waals surface area contributed by atoms with E-state index in [9.17, 15) is 75.7 Å². The summed E-state index contributed by atoms with van der Waals surface area (Å²) in [5, 5.41) is 129. The molecule has 0 spiro atoms. The number of aliphatic hydroxyl groups is 11. The minimum Gasteiger partial charge on any atom is -0.479 e. The van der Waals surface area contributed by atoms with Crippen molar-refractivity contribution in [3.05, 3.63) is 11.6 Å². The summed E-state index contributed by atoms with van der Waals surface area (Å²) in [5.74, 6) is -3.71. The second-order valence-corrected chi connectivity index (χ2v) is 22.9. The number of carbonyl (C=O) groups excluding carboxylic acids is 2. The lowest BCUT2D eigenvalue weighted by atomic mass is 9.33. The molecule has 25 unspecified atom stereocenters. The maximum absolute atomic E-state index is 14.8. The number of carboxylic acid groups (broad SMARTS) is 1. The molecule has 0 amide bonds. The second kappa shape index (κ2) is 19.0. The number of rotatable bonds is 10. The van der Waals surface area contributed by atoms with E-state index >= 15 is 0 Å². The van der Waals surface area contributed by atoms with Gasteiger partial charge in [0.05, 0.1) is 50.0 Å². The van der Waals surface area contributed by atoms with E-state index in [1.54, 1.807) is 0 Å². The number of carboxylic acids is 1. The molecule has 3 heterocycles. The molecular weight excluding hydrogens is 929 g/mol. The molecule has 0 aromatic carbocycles. The van der Waals surface area contributed by atoms with Gasteiger partial charge in [0.1, 0.15) is 61.0 Å². The molecule has 25 atom stereocenters. The number of esters is 2. The molecule has 22 nitrogen and oxygen atoms in total. The lowest BCUT2D eigenvalue weighted by Gasteiger charge is -2.71. The zero-order valence-corrected chi connectivity index (χ0v) is 40.5. The van der Waals surface area contributed by atoms with Crippen molar-refractivity contribution in [1.82, 2.24) is 0 Å². The van der Waals surface area contributed by atoms with E-state index in [1.807, 2.05) is 13.8 Å². The van der Waals surface area contributed by atoms with Gasteiger partial charge in [-0.15, -0.1) is 0 Å². The van der Waals surface area contributed by atoms with Gasteiger partial charge in [-0.05, 0) is 98.7 Å². The first-order valence-electron chi connectivity index (χ1n) is 24.5. The van der Waals surface area contributed by atoms with Crippen molar-refractivity contribution in [3.63, 3.8) is 0 Å². The first-order chi connectivity index (χ1) is 32.7. The van der Waals surface area contributed by atoms with Crippen molar-refractivity contribution in [2.75, 3.05) is 26.9 Å². The molecule has 22 heteroatoms. The Morgan fingerprint density at radius 2 is 1.40 bits per heavy atom. The van der Waals surface area contributed by atoms with Crippen molar-refractivity contribution in [2.45, 2.75) is 191 Å². The monoisotopic (exact) mass is 1000 g/mol. The van der Waals surface area contributed by atoms with Crippen molar-refractivity contribution in [1.29, 1.82) is 0 Å². The van der Waals surface area contributed by atoms with Crippen LogP contribution in [0.1, 0.15) is 92.4 Å². The lowest BCUT2D eigenvalue weighted by molar-refractivity contribution is -0.348. The predicted octanol–water partition coefficient (Wildman–Crippen LogP) is -2.03. The first kappa shape index (κ1) is 53.8. The summed E-state index contributed by atoms with van der Waals surface area (Å²) in [7, 11) is 1.32. The number of hydrogen-bond acceptors (Lipinski definition) is 21. The fraction of sp³-hybridized carbons (Fsp3) is 0.896. The van der Waals surface area contributed by atoms with Crippen LogP contribution in [0.4, 0.5) is 0 Å². The Balaban J connectivity index is 1.06. The van der Waals surface area contributed by atoms with E-state index in [0.29, 0.717) is 38.5 Å². The normalized spacial score (nSPS) is 53.5. The van der Waals surface area contributed by atoms with Crippen molar-refractivity contribution < 1.29 is 109 Å². The minimum absolute atomic E-state index is 0.107. The van der Waals surface area contributed by atoms with Gasteiger partial charge in [0, 0.05) is 5.41 Å². The highest BCUT2D eigenvalue weighted by Crippen LogP contribution is 2.76. The minimum atomic E-state index is -2.09. The van der Waals surface area contributed by atoms with Gasteiger partial charge in [0.25, 0.3) is 0 Å². The van der Waals surface area contributed by atoms with E-state index in [-0.39, 0.29) is 31.1 Å². The molecule has 7 fully saturated rings. The van der Waals surface area contributed by atoms with E-state index in [4.69, 9.17) is 33.2 Å². The van der Waals surface area contributed by atoms with Gasteiger partial charge in [-0.3, -0.25) is 9.59 Å². The number of allylic oxidation sites excluding steroid dienone is 2. The van der Waals surface area contributed by atoms with Crippen LogP contribution < -0.4 is 0 Å². The Morgan fingerprint density at radius 1 is 0.714 bits per heavy atom. The van der Waals surface area contributed by atoms with Crippen molar-refractivity contribution >= 4 is 17.9 Å². The summed E-state index contributed by atoms with van der Waals surface area (Å²) < 4.78 is 39.6.